The highest BCUT2D eigenvalue weighted by Crippen LogP contribution is 2.43. The quantitative estimate of drug-likeness (QED) is 0.781. The second-order valence-corrected chi connectivity index (χ2v) is 5.86. The van der Waals surface area contributed by atoms with E-state index in [2.05, 4.69) is 15.9 Å². The van der Waals surface area contributed by atoms with Crippen molar-refractivity contribution in [2.75, 3.05) is 21.3 Å². The van der Waals surface area contributed by atoms with Crippen LogP contribution in [0.4, 0.5) is 0 Å². The molecule has 0 aromatic heterocycles. The van der Waals surface area contributed by atoms with E-state index >= 15 is 0 Å². The molecule has 0 atom stereocenters. The van der Waals surface area contributed by atoms with Gasteiger partial charge in [-0.2, -0.15) is 0 Å². The number of carbonyl (C=O) groups excluding carboxylic acids is 1. The maximum absolute atomic E-state index is 12.4. The number of hydrogen-bond acceptors (Lipinski definition) is 5. The van der Waals surface area contributed by atoms with Crippen LogP contribution in [-0.2, 0) is 4.74 Å². The van der Waals surface area contributed by atoms with Gasteiger partial charge in [0, 0.05) is 6.07 Å². The van der Waals surface area contributed by atoms with E-state index in [1.165, 1.54) is 21.3 Å². The van der Waals surface area contributed by atoms with E-state index in [1.807, 2.05) is 0 Å². The van der Waals surface area contributed by atoms with Crippen molar-refractivity contribution >= 4 is 21.9 Å². The van der Waals surface area contributed by atoms with Crippen molar-refractivity contribution in [3.63, 3.8) is 0 Å². The third kappa shape index (κ3) is 3.56. The lowest BCUT2D eigenvalue weighted by atomic mass is 10.1. The molecular weight excluding hydrogens is 328 g/mol. The summed E-state index contributed by atoms with van der Waals surface area (Å²) in [5.41, 5.74) is -0.431. The Morgan fingerprint density at radius 1 is 1.05 bits per heavy atom. The zero-order chi connectivity index (χ0) is 15.5. The van der Waals surface area contributed by atoms with Crippen molar-refractivity contribution in [3.05, 3.63) is 16.1 Å². The van der Waals surface area contributed by atoms with Gasteiger partial charge in [0.05, 0.1) is 25.8 Å². The molecule has 0 amide bonds. The van der Waals surface area contributed by atoms with Crippen LogP contribution in [0.2, 0.25) is 0 Å². The number of benzene rings is 1. The molecular formula is C14H19BrO5. The summed E-state index contributed by atoms with van der Waals surface area (Å²) in [5, 5.41) is 0. The molecule has 6 heteroatoms. The molecule has 0 aliphatic carbocycles. The van der Waals surface area contributed by atoms with Gasteiger partial charge in [-0.05, 0) is 36.7 Å². The summed E-state index contributed by atoms with van der Waals surface area (Å²) in [7, 11) is 4.43. The zero-order valence-electron chi connectivity index (χ0n) is 12.5. The molecule has 0 radical (unpaired) electrons. The number of methoxy groups -OCH3 is 3. The Bertz CT molecular complexity index is 505. The Morgan fingerprint density at radius 2 is 1.60 bits per heavy atom. The summed E-state index contributed by atoms with van der Waals surface area (Å²) in [4.78, 5) is 12.4. The average molecular weight is 347 g/mol. The summed E-state index contributed by atoms with van der Waals surface area (Å²) < 4.78 is 21.7. The van der Waals surface area contributed by atoms with Crippen LogP contribution in [0, 0.1) is 0 Å². The summed E-state index contributed by atoms with van der Waals surface area (Å²) in [6, 6.07) is 1.67. The fourth-order valence-corrected chi connectivity index (χ4v) is 2.23. The molecule has 0 unspecified atom stereocenters. The summed E-state index contributed by atoms with van der Waals surface area (Å²) in [5.74, 6) is 0.505. The van der Waals surface area contributed by atoms with Crippen LogP contribution in [0.15, 0.2) is 10.5 Å². The Kier molecular flexibility index (Phi) is 5.28. The van der Waals surface area contributed by atoms with Crippen LogP contribution in [-0.4, -0.2) is 32.9 Å². The monoisotopic (exact) mass is 346 g/mol. The van der Waals surface area contributed by atoms with E-state index in [0.717, 1.165) is 0 Å². The summed E-state index contributed by atoms with van der Waals surface area (Å²) in [6.45, 7) is 5.37. The van der Waals surface area contributed by atoms with Gasteiger partial charge in [0.1, 0.15) is 11.2 Å². The van der Waals surface area contributed by atoms with Gasteiger partial charge in [-0.3, -0.25) is 0 Å². The maximum Gasteiger partial charge on any atom is 0.346 e. The van der Waals surface area contributed by atoms with Gasteiger partial charge in [0.25, 0.3) is 0 Å². The topological polar surface area (TPSA) is 54.0 Å². The van der Waals surface area contributed by atoms with Gasteiger partial charge in [-0.1, -0.05) is 0 Å². The summed E-state index contributed by atoms with van der Waals surface area (Å²) in [6.07, 6.45) is 0. The fraction of sp³-hybridized carbons (Fsp3) is 0.500. The molecule has 0 bridgehead atoms. The highest BCUT2D eigenvalue weighted by Gasteiger charge is 2.29. The molecule has 112 valence electrons. The number of halogens is 1. The number of rotatable bonds is 4. The predicted molar refractivity (Wildman–Crippen MR) is 79.0 cm³/mol. The molecule has 0 saturated heterocycles. The van der Waals surface area contributed by atoms with E-state index in [4.69, 9.17) is 18.9 Å². The van der Waals surface area contributed by atoms with E-state index in [0.29, 0.717) is 16.0 Å². The Morgan fingerprint density at radius 3 is 2.00 bits per heavy atom. The van der Waals surface area contributed by atoms with Crippen LogP contribution < -0.4 is 14.2 Å². The molecule has 0 saturated carbocycles. The molecule has 0 aliphatic heterocycles. The van der Waals surface area contributed by atoms with Gasteiger partial charge in [-0.25, -0.2) is 4.79 Å². The van der Waals surface area contributed by atoms with Crippen LogP contribution in [0.25, 0.3) is 0 Å². The number of esters is 1. The zero-order valence-corrected chi connectivity index (χ0v) is 14.1. The molecule has 5 nitrogen and oxygen atoms in total. The van der Waals surface area contributed by atoms with Gasteiger partial charge in [0.2, 0.25) is 0 Å². The molecule has 0 N–H and O–H groups in total. The highest BCUT2D eigenvalue weighted by atomic mass is 79.9. The highest BCUT2D eigenvalue weighted by molar-refractivity contribution is 9.10. The van der Waals surface area contributed by atoms with Crippen LogP contribution in [0.3, 0.4) is 0 Å². The first-order valence-corrected chi connectivity index (χ1v) is 6.76. The lowest BCUT2D eigenvalue weighted by Gasteiger charge is -2.22. The van der Waals surface area contributed by atoms with Crippen LogP contribution in [0.1, 0.15) is 31.1 Å². The molecule has 1 rings (SSSR count). The van der Waals surface area contributed by atoms with Crippen LogP contribution in [0.5, 0.6) is 17.2 Å². The second kappa shape index (κ2) is 6.35. The van der Waals surface area contributed by atoms with Gasteiger partial charge in [0.15, 0.2) is 17.2 Å². The Hall–Kier alpha value is -1.43. The normalized spacial score (nSPS) is 10.9. The van der Waals surface area contributed by atoms with Gasteiger partial charge >= 0.3 is 5.97 Å². The van der Waals surface area contributed by atoms with Crippen molar-refractivity contribution in [3.8, 4) is 17.2 Å². The van der Waals surface area contributed by atoms with E-state index in [1.54, 1.807) is 26.8 Å². The second-order valence-electron chi connectivity index (χ2n) is 5.00. The molecule has 0 aliphatic rings. The van der Waals surface area contributed by atoms with E-state index in [9.17, 15) is 4.79 Å². The lowest BCUT2D eigenvalue weighted by molar-refractivity contribution is 0.00626. The number of ether oxygens (including phenoxy) is 4. The van der Waals surface area contributed by atoms with Crippen molar-refractivity contribution in [1.29, 1.82) is 0 Å². The van der Waals surface area contributed by atoms with Crippen LogP contribution >= 0.6 is 15.9 Å². The lowest BCUT2D eigenvalue weighted by Crippen LogP contribution is -2.24. The molecule has 0 heterocycles. The van der Waals surface area contributed by atoms with Crippen molar-refractivity contribution in [1.82, 2.24) is 0 Å². The number of carbonyl (C=O) groups is 1. The predicted octanol–water partition coefficient (Wildman–Crippen LogP) is 3.43. The first-order chi connectivity index (χ1) is 9.25. The molecule has 0 spiro atoms. The molecule has 1 aromatic carbocycles. The van der Waals surface area contributed by atoms with E-state index in [-0.39, 0.29) is 11.3 Å². The smallest absolute Gasteiger partial charge is 0.346 e. The summed E-state index contributed by atoms with van der Waals surface area (Å²) >= 11 is 3.34. The van der Waals surface area contributed by atoms with E-state index < -0.39 is 11.6 Å². The van der Waals surface area contributed by atoms with Gasteiger partial charge < -0.3 is 18.9 Å². The largest absolute Gasteiger partial charge is 0.495 e. The average Bonchev–Trinajstić information content (AvgIpc) is 2.35. The van der Waals surface area contributed by atoms with Crippen molar-refractivity contribution in [2.24, 2.45) is 0 Å². The first kappa shape index (κ1) is 16.6. The first-order valence-electron chi connectivity index (χ1n) is 5.97. The fourth-order valence-electron chi connectivity index (χ4n) is 1.66. The molecule has 20 heavy (non-hydrogen) atoms. The van der Waals surface area contributed by atoms with Crippen molar-refractivity contribution < 1.29 is 23.7 Å². The number of hydrogen-bond donors (Lipinski definition) is 0. The van der Waals surface area contributed by atoms with Gasteiger partial charge in [-0.15, -0.1) is 0 Å². The molecule has 1 aromatic rings. The molecule has 0 fully saturated rings. The Labute approximate surface area is 127 Å². The SMILES string of the molecule is COc1cc(Br)c(OC)c(C(=O)OC(C)(C)C)c1OC. The minimum atomic E-state index is -0.622. The standard InChI is InChI=1S/C14H19BrO5/c1-14(2,3)20-13(16)10-11(18-5)8(15)7-9(17-4)12(10)19-6/h7H,1-6H3. The third-order valence-corrected chi connectivity index (χ3v) is 2.97. The maximum atomic E-state index is 12.4. The minimum absolute atomic E-state index is 0.191. The Balaban J connectivity index is 3.48. The third-order valence-electron chi connectivity index (χ3n) is 2.38. The minimum Gasteiger partial charge on any atom is -0.495 e. The van der Waals surface area contributed by atoms with Crippen molar-refractivity contribution in [2.45, 2.75) is 26.4 Å².